The monoisotopic (exact) mass is 180 g/mol. The largest absolute Gasteiger partial charge is 0.314 e. The number of fused-ring (bicyclic) bond motifs is 3. The fourth-order valence-electron chi connectivity index (χ4n) is 3.67. The Kier molecular flexibility index (Phi) is 2.06. The predicted octanol–water partition coefficient (Wildman–Crippen LogP) is 1.22. The Morgan fingerprint density at radius 3 is 3.00 bits per heavy atom. The van der Waals surface area contributed by atoms with Crippen LogP contribution in [-0.2, 0) is 0 Å². The normalized spacial score (nSPS) is 45.7. The van der Waals surface area contributed by atoms with Crippen LogP contribution in [0.15, 0.2) is 0 Å². The van der Waals surface area contributed by atoms with Crippen molar-refractivity contribution in [1.82, 2.24) is 10.2 Å². The summed E-state index contributed by atoms with van der Waals surface area (Å²) in [5.74, 6) is 0.991. The van der Waals surface area contributed by atoms with Crippen LogP contribution in [0, 0.1) is 5.92 Å². The summed E-state index contributed by atoms with van der Waals surface area (Å²) >= 11 is 0. The average Bonchev–Trinajstić information content (AvgIpc) is 2.65. The summed E-state index contributed by atoms with van der Waals surface area (Å²) in [7, 11) is 0. The summed E-state index contributed by atoms with van der Waals surface area (Å²) in [6.07, 6.45) is 7.22. The van der Waals surface area contributed by atoms with Crippen LogP contribution in [0.1, 0.15) is 32.1 Å². The third-order valence-electron chi connectivity index (χ3n) is 4.27. The van der Waals surface area contributed by atoms with Gasteiger partial charge in [0.2, 0.25) is 0 Å². The molecule has 3 atom stereocenters. The molecule has 3 fully saturated rings. The average molecular weight is 180 g/mol. The van der Waals surface area contributed by atoms with Gasteiger partial charge >= 0.3 is 0 Å². The maximum atomic E-state index is 3.71. The summed E-state index contributed by atoms with van der Waals surface area (Å²) in [6, 6.07) is 1.82. The van der Waals surface area contributed by atoms with Gasteiger partial charge in [0.25, 0.3) is 0 Å². The summed E-state index contributed by atoms with van der Waals surface area (Å²) in [4.78, 5) is 2.74. The molecule has 0 radical (unpaired) electrons. The van der Waals surface area contributed by atoms with E-state index in [1.54, 1.807) is 0 Å². The minimum Gasteiger partial charge on any atom is -0.314 e. The third kappa shape index (κ3) is 1.31. The van der Waals surface area contributed by atoms with Gasteiger partial charge in [-0.25, -0.2) is 0 Å². The van der Waals surface area contributed by atoms with E-state index in [-0.39, 0.29) is 0 Å². The fourth-order valence-corrected chi connectivity index (χ4v) is 3.67. The molecule has 13 heavy (non-hydrogen) atoms. The van der Waals surface area contributed by atoms with E-state index in [1.165, 1.54) is 51.7 Å². The lowest BCUT2D eigenvalue weighted by atomic mass is 9.79. The van der Waals surface area contributed by atoms with Crippen LogP contribution < -0.4 is 5.32 Å². The lowest BCUT2D eigenvalue weighted by Gasteiger charge is -2.45. The quantitative estimate of drug-likeness (QED) is 0.603. The second-order valence-electron chi connectivity index (χ2n) is 4.90. The number of rotatable bonds is 0. The second kappa shape index (κ2) is 3.25. The van der Waals surface area contributed by atoms with E-state index >= 15 is 0 Å². The molecule has 0 saturated carbocycles. The van der Waals surface area contributed by atoms with Crippen molar-refractivity contribution < 1.29 is 0 Å². The maximum Gasteiger partial charge on any atom is 0.0139 e. The van der Waals surface area contributed by atoms with Crippen molar-refractivity contribution in [1.29, 1.82) is 0 Å². The highest BCUT2D eigenvalue weighted by molar-refractivity contribution is 4.97. The third-order valence-corrected chi connectivity index (χ3v) is 4.27. The van der Waals surface area contributed by atoms with Crippen LogP contribution in [-0.4, -0.2) is 36.6 Å². The van der Waals surface area contributed by atoms with Crippen LogP contribution in [0.25, 0.3) is 0 Å². The van der Waals surface area contributed by atoms with E-state index in [0.717, 1.165) is 18.0 Å². The maximum absolute atomic E-state index is 3.71. The first-order chi connectivity index (χ1) is 6.45. The van der Waals surface area contributed by atoms with Crippen LogP contribution in [0.3, 0.4) is 0 Å². The van der Waals surface area contributed by atoms with Crippen LogP contribution in [0.2, 0.25) is 0 Å². The zero-order chi connectivity index (χ0) is 8.67. The lowest BCUT2D eigenvalue weighted by molar-refractivity contribution is 0.0770. The van der Waals surface area contributed by atoms with E-state index in [0.29, 0.717) is 0 Å². The first-order valence-corrected chi connectivity index (χ1v) is 5.92. The molecule has 0 aromatic carbocycles. The van der Waals surface area contributed by atoms with Crippen molar-refractivity contribution in [2.24, 2.45) is 5.92 Å². The van der Waals surface area contributed by atoms with Gasteiger partial charge in [0.1, 0.15) is 0 Å². The molecular formula is C11H20N2. The molecule has 0 amide bonds. The number of piperidine rings is 2. The van der Waals surface area contributed by atoms with Crippen molar-refractivity contribution in [2.75, 3.05) is 19.6 Å². The highest BCUT2D eigenvalue weighted by Crippen LogP contribution is 2.35. The number of hydrogen-bond donors (Lipinski definition) is 1. The molecule has 2 heteroatoms. The van der Waals surface area contributed by atoms with Gasteiger partial charge < -0.3 is 5.32 Å². The summed E-state index contributed by atoms with van der Waals surface area (Å²) in [6.45, 7) is 4.01. The smallest absolute Gasteiger partial charge is 0.0139 e. The Balaban J connectivity index is 1.77. The molecule has 0 bridgehead atoms. The van der Waals surface area contributed by atoms with Gasteiger partial charge in [-0.3, -0.25) is 4.90 Å². The highest BCUT2D eigenvalue weighted by atomic mass is 15.2. The Labute approximate surface area is 80.7 Å². The molecule has 74 valence electrons. The van der Waals surface area contributed by atoms with Gasteiger partial charge in [-0.1, -0.05) is 0 Å². The zero-order valence-electron chi connectivity index (χ0n) is 8.34. The van der Waals surface area contributed by atoms with Gasteiger partial charge in [0, 0.05) is 12.1 Å². The Morgan fingerprint density at radius 1 is 1.00 bits per heavy atom. The Morgan fingerprint density at radius 2 is 2.00 bits per heavy atom. The van der Waals surface area contributed by atoms with Gasteiger partial charge in [-0.2, -0.15) is 0 Å². The van der Waals surface area contributed by atoms with Gasteiger partial charge in [-0.15, -0.1) is 0 Å². The SMILES string of the molecule is C1CNC2CCN3CCCC3C2C1. The molecule has 0 aromatic heterocycles. The lowest BCUT2D eigenvalue weighted by Crippen LogP contribution is -2.55. The van der Waals surface area contributed by atoms with E-state index < -0.39 is 0 Å². The van der Waals surface area contributed by atoms with Crippen molar-refractivity contribution in [3.63, 3.8) is 0 Å². The molecule has 0 aromatic rings. The second-order valence-corrected chi connectivity index (χ2v) is 4.90. The molecule has 3 aliphatic rings. The standard InChI is InChI=1S/C11H20N2/c1-3-9-10(12-6-1)5-8-13-7-2-4-11(9)13/h9-12H,1-8H2. The molecule has 0 aliphatic carbocycles. The van der Waals surface area contributed by atoms with Crippen molar-refractivity contribution in [3.05, 3.63) is 0 Å². The first kappa shape index (κ1) is 8.25. The van der Waals surface area contributed by atoms with Gasteiger partial charge in [0.05, 0.1) is 0 Å². The van der Waals surface area contributed by atoms with Crippen molar-refractivity contribution in [3.8, 4) is 0 Å². The van der Waals surface area contributed by atoms with Crippen molar-refractivity contribution in [2.45, 2.75) is 44.2 Å². The summed E-state index contributed by atoms with van der Waals surface area (Å²) in [5.41, 5.74) is 0. The van der Waals surface area contributed by atoms with Gasteiger partial charge in [-0.05, 0) is 57.7 Å². The topological polar surface area (TPSA) is 15.3 Å². The minimum atomic E-state index is 0.869. The Hall–Kier alpha value is -0.0800. The Bertz CT molecular complexity index is 193. The van der Waals surface area contributed by atoms with E-state index in [1.807, 2.05) is 0 Å². The molecule has 3 rings (SSSR count). The van der Waals surface area contributed by atoms with E-state index in [4.69, 9.17) is 0 Å². The molecule has 2 nitrogen and oxygen atoms in total. The molecule has 3 aliphatic heterocycles. The summed E-state index contributed by atoms with van der Waals surface area (Å²) in [5, 5.41) is 3.71. The fraction of sp³-hybridized carbons (Fsp3) is 1.00. The number of hydrogen-bond acceptors (Lipinski definition) is 2. The molecule has 3 saturated heterocycles. The van der Waals surface area contributed by atoms with Crippen LogP contribution in [0.4, 0.5) is 0 Å². The minimum absolute atomic E-state index is 0.869. The summed E-state index contributed by atoms with van der Waals surface area (Å²) < 4.78 is 0. The number of nitrogens with zero attached hydrogens (tertiary/aromatic N) is 1. The van der Waals surface area contributed by atoms with E-state index in [2.05, 4.69) is 10.2 Å². The zero-order valence-corrected chi connectivity index (χ0v) is 8.34. The highest BCUT2D eigenvalue weighted by Gasteiger charge is 2.40. The number of nitrogens with one attached hydrogen (secondary N) is 1. The van der Waals surface area contributed by atoms with E-state index in [9.17, 15) is 0 Å². The van der Waals surface area contributed by atoms with Crippen LogP contribution in [0.5, 0.6) is 0 Å². The molecule has 3 unspecified atom stereocenters. The van der Waals surface area contributed by atoms with Crippen LogP contribution >= 0.6 is 0 Å². The molecule has 3 heterocycles. The van der Waals surface area contributed by atoms with Gasteiger partial charge in [0.15, 0.2) is 0 Å². The predicted molar refractivity (Wildman–Crippen MR) is 53.7 cm³/mol. The van der Waals surface area contributed by atoms with Crippen molar-refractivity contribution >= 4 is 0 Å². The molecular weight excluding hydrogens is 160 g/mol. The molecule has 0 spiro atoms. The first-order valence-electron chi connectivity index (χ1n) is 5.92. The molecule has 1 N–H and O–H groups in total.